The van der Waals surface area contributed by atoms with Gasteiger partial charge in [-0.3, -0.25) is 0 Å². The van der Waals surface area contributed by atoms with Crippen LogP contribution in [0.3, 0.4) is 0 Å². The van der Waals surface area contributed by atoms with Crippen molar-refractivity contribution in [3.63, 3.8) is 0 Å². The lowest BCUT2D eigenvalue weighted by Gasteiger charge is -2.30. The van der Waals surface area contributed by atoms with E-state index in [0.29, 0.717) is 65.4 Å². The molecule has 0 aliphatic heterocycles. The Hall–Kier alpha value is -1.71. The first-order valence-corrected chi connectivity index (χ1v) is 12.8. The molecule has 0 unspecified atom stereocenters. The van der Waals surface area contributed by atoms with Crippen LogP contribution in [0.5, 0.6) is 0 Å². The second-order valence-electron chi connectivity index (χ2n) is 9.81. The highest BCUT2D eigenvalue weighted by Gasteiger charge is 2.24. The lowest BCUT2D eigenvalue weighted by molar-refractivity contribution is -0.0160. The highest BCUT2D eigenvalue weighted by molar-refractivity contribution is 5.68. The van der Waals surface area contributed by atoms with Crippen LogP contribution in [0, 0.1) is 5.92 Å². The lowest BCUT2D eigenvalue weighted by atomic mass is 9.86. The molecule has 1 amide bonds. The molecule has 1 saturated carbocycles. The van der Waals surface area contributed by atoms with E-state index in [0.717, 1.165) is 37.9 Å². The van der Waals surface area contributed by atoms with Crippen LogP contribution in [0.15, 0.2) is 30.3 Å². The van der Waals surface area contributed by atoms with Crippen molar-refractivity contribution in [3.05, 3.63) is 35.9 Å². The summed E-state index contributed by atoms with van der Waals surface area (Å²) < 4.78 is 33.2. The first-order valence-electron chi connectivity index (χ1n) is 12.8. The number of rotatable bonds is 17. The van der Waals surface area contributed by atoms with Crippen LogP contribution in [0.2, 0.25) is 0 Å². The number of carbonyl (C=O) groups is 1. The maximum atomic E-state index is 11.9. The van der Waals surface area contributed by atoms with Gasteiger partial charge in [0.2, 0.25) is 0 Å². The molecule has 8 nitrogen and oxygen atoms in total. The number of ether oxygens (including phenoxy) is 6. The molecule has 200 valence electrons. The minimum Gasteiger partial charge on any atom is -0.444 e. The van der Waals surface area contributed by atoms with Gasteiger partial charge in [-0.2, -0.15) is 0 Å². The summed E-state index contributed by atoms with van der Waals surface area (Å²) in [7, 11) is 0. The number of amides is 1. The van der Waals surface area contributed by atoms with Crippen molar-refractivity contribution < 1.29 is 33.2 Å². The Morgan fingerprint density at radius 3 is 1.83 bits per heavy atom. The molecule has 0 aromatic heterocycles. The molecule has 1 aliphatic rings. The van der Waals surface area contributed by atoms with Crippen LogP contribution in [-0.2, 0) is 35.0 Å². The van der Waals surface area contributed by atoms with Gasteiger partial charge in [0.05, 0.1) is 59.5 Å². The molecule has 35 heavy (non-hydrogen) atoms. The third kappa shape index (κ3) is 15.8. The van der Waals surface area contributed by atoms with Crippen molar-refractivity contribution in [2.24, 2.45) is 5.92 Å². The first kappa shape index (κ1) is 29.5. The quantitative estimate of drug-likeness (QED) is 0.322. The number of hydrogen-bond donors (Lipinski definition) is 1. The maximum Gasteiger partial charge on any atom is 0.407 e. The smallest absolute Gasteiger partial charge is 0.407 e. The third-order valence-corrected chi connectivity index (χ3v) is 5.52. The number of alkyl carbamates (subject to hydrolysis) is 1. The standard InChI is InChI=1S/C27H45NO7/c1-27(2,3)35-26(29)28-25-11-9-24(10-12-25)22-34-20-18-32-16-14-30-13-15-31-17-19-33-21-23-7-5-4-6-8-23/h4-8,24-25H,9-22H2,1-3H3,(H,28,29). The Morgan fingerprint density at radius 1 is 0.771 bits per heavy atom. The molecule has 0 radical (unpaired) electrons. The number of hydrogen-bond acceptors (Lipinski definition) is 7. The van der Waals surface area contributed by atoms with E-state index < -0.39 is 5.60 Å². The number of benzene rings is 1. The van der Waals surface area contributed by atoms with Crippen LogP contribution in [0.1, 0.15) is 52.0 Å². The molecule has 1 aliphatic carbocycles. The fourth-order valence-corrected chi connectivity index (χ4v) is 3.74. The van der Waals surface area contributed by atoms with Crippen molar-refractivity contribution in [3.8, 4) is 0 Å². The van der Waals surface area contributed by atoms with E-state index in [2.05, 4.69) is 5.32 Å². The van der Waals surface area contributed by atoms with Gasteiger partial charge in [0.1, 0.15) is 5.60 Å². The zero-order valence-corrected chi connectivity index (χ0v) is 21.8. The van der Waals surface area contributed by atoms with Crippen molar-refractivity contribution >= 4 is 6.09 Å². The van der Waals surface area contributed by atoms with Crippen molar-refractivity contribution in [2.75, 3.05) is 59.5 Å². The molecule has 1 N–H and O–H groups in total. The molecule has 2 rings (SSSR count). The molecule has 1 fully saturated rings. The van der Waals surface area contributed by atoms with E-state index in [4.69, 9.17) is 28.4 Å². The predicted molar refractivity (Wildman–Crippen MR) is 134 cm³/mol. The summed E-state index contributed by atoms with van der Waals surface area (Å²) in [5.74, 6) is 0.541. The third-order valence-electron chi connectivity index (χ3n) is 5.52. The Labute approximate surface area is 210 Å². The maximum absolute atomic E-state index is 11.9. The average molecular weight is 496 g/mol. The summed E-state index contributed by atoms with van der Waals surface area (Å²) in [5, 5.41) is 2.97. The first-order chi connectivity index (χ1) is 16.9. The monoisotopic (exact) mass is 495 g/mol. The lowest BCUT2D eigenvalue weighted by Crippen LogP contribution is -2.41. The van der Waals surface area contributed by atoms with E-state index in [-0.39, 0.29) is 12.1 Å². The molecule has 0 saturated heterocycles. The van der Waals surface area contributed by atoms with Gasteiger partial charge in [-0.05, 0) is 57.9 Å². The zero-order valence-electron chi connectivity index (χ0n) is 21.8. The van der Waals surface area contributed by atoms with Gasteiger partial charge in [-0.1, -0.05) is 30.3 Å². The van der Waals surface area contributed by atoms with E-state index in [1.165, 1.54) is 0 Å². The van der Waals surface area contributed by atoms with Gasteiger partial charge in [-0.15, -0.1) is 0 Å². The van der Waals surface area contributed by atoms with E-state index in [9.17, 15) is 4.79 Å². The van der Waals surface area contributed by atoms with Gasteiger partial charge in [0, 0.05) is 12.6 Å². The Kier molecular flexibility index (Phi) is 14.9. The number of carbonyl (C=O) groups excluding carboxylic acids is 1. The molecule has 0 atom stereocenters. The van der Waals surface area contributed by atoms with Gasteiger partial charge < -0.3 is 33.7 Å². The van der Waals surface area contributed by atoms with Gasteiger partial charge in [0.25, 0.3) is 0 Å². The summed E-state index contributed by atoms with van der Waals surface area (Å²) >= 11 is 0. The highest BCUT2D eigenvalue weighted by atomic mass is 16.6. The Balaban J connectivity index is 1.29. The van der Waals surface area contributed by atoms with Crippen LogP contribution >= 0.6 is 0 Å². The molecule has 1 aromatic carbocycles. The topological polar surface area (TPSA) is 84.5 Å². The molecule has 0 bridgehead atoms. The van der Waals surface area contributed by atoms with Crippen molar-refractivity contribution in [2.45, 2.75) is 64.7 Å². The fraction of sp³-hybridized carbons (Fsp3) is 0.741. The minimum absolute atomic E-state index is 0.197. The van der Waals surface area contributed by atoms with E-state index in [1.54, 1.807) is 0 Å². The minimum atomic E-state index is -0.462. The summed E-state index contributed by atoms with van der Waals surface area (Å²) in [4.78, 5) is 11.9. The molecule has 0 heterocycles. The molecular formula is C27H45NO7. The normalized spacial score (nSPS) is 18.4. The molecular weight excluding hydrogens is 450 g/mol. The summed E-state index contributed by atoms with van der Waals surface area (Å²) in [6.07, 6.45) is 3.71. The van der Waals surface area contributed by atoms with Crippen molar-refractivity contribution in [1.82, 2.24) is 5.32 Å². The SMILES string of the molecule is CC(C)(C)OC(=O)NC1CCC(COCCOCCOCCOCCOCc2ccccc2)CC1. The van der Waals surface area contributed by atoms with E-state index in [1.807, 2.05) is 51.1 Å². The van der Waals surface area contributed by atoms with Gasteiger partial charge >= 0.3 is 6.09 Å². The fourth-order valence-electron chi connectivity index (χ4n) is 3.74. The molecule has 1 aromatic rings. The predicted octanol–water partition coefficient (Wildman–Crippen LogP) is 4.35. The highest BCUT2D eigenvalue weighted by Crippen LogP contribution is 2.24. The van der Waals surface area contributed by atoms with Crippen LogP contribution in [0.25, 0.3) is 0 Å². The van der Waals surface area contributed by atoms with Gasteiger partial charge in [-0.25, -0.2) is 4.79 Å². The van der Waals surface area contributed by atoms with Crippen molar-refractivity contribution in [1.29, 1.82) is 0 Å². The number of nitrogens with one attached hydrogen (secondary N) is 1. The van der Waals surface area contributed by atoms with Crippen LogP contribution < -0.4 is 5.32 Å². The summed E-state index contributed by atoms with van der Waals surface area (Å²) in [5.41, 5.74) is 0.703. The van der Waals surface area contributed by atoms with Crippen LogP contribution in [0.4, 0.5) is 4.79 Å². The average Bonchev–Trinajstić information content (AvgIpc) is 2.82. The van der Waals surface area contributed by atoms with E-state index >= 15 is 0 Å². The second kappa shape index (κ2) is 17.7. The van der Waals surface area contributed by atoms with Gasteiger partial charge in [0.15, 0.2) is 0 Å². The summed E-state index contributed by atoms with van der Waals surface area (Å²) in [6, 6.07) is 10.3. The Morgan fingerprint density at radius 2 is 1.29 bits per heavy atom. The largest absolute Gasteiger partial charge is 0.444 e. The molecule has 0 spiro atoms. The Bertz CT molecular complexity index is 657. The zero-order chi connectivity index (χ0) is 25.2. The summed E-state index contributed by atoms with van der Waals surface area (Å²) in [6.45, 7) is 11.4. The molecule has 8 heteroatoms. The second-order valence-corrected chi connectivity index (χ2v) is 9.81. The van der Waals surface area contributed by atoms with Crippen LogP contribution in [-0.4, -0.2) is 77.2 Å².